The molecular formula is C11H21ClO2. The predicted octanol–water partition coefficient (Wildman–Crippen LogP) is 3.09. The molecule has 0 spiro atoms. The third-order valence-corrected chi connectivity index (χ3v) is 3.05. The van der Waals surface area contributed by atoms with Gasteiger partial charge in [0.15, 0.2) is 0 Å². The Bertz CT molecular complexity index is 190. The summed E-state index contributed by atoms with van der Waals surface area (Å²) >= 11 is 5.70. The summed E-state index contributed by atoms with van der Waals surface area (Å²) in [5, 5.41) is -0.275. The molecule has 14 heavy (non-hydrogen) atoms. The van der Waals surface area contributed by atoms with Crippen LogP contribution < -0.4 is 0 Å². The summed E-state index contributed by atoms with van der Waals surface area (Å²) in [7, 11) is 1.61. The summed E-state index contributed by atoms with van der Waals surface area (Å²) < 4.78 is 5.13. The second-order valence-corrected chi connectivity index (χ2v) is 4.96. The number of ether oxygens (including phenoxy) is 1. The number of rotatable bonds is 6. The lowest BCUT2D eigenvalue weighted by Crippen LogP contribution is -2.39. The molecular weight excluding hydrogens is 200 g/mol. The molecule has 0 saturated carbocycles. The molecule has 0 radical (unpaired) electrons. The Morgan fingerprint density at radius 3 is 2.07 bits per heavy atom. The Morgan fingerprint density at radius 1 is 1.36 bits per heavy atom. The van der Waals surface area contributed by atoms with Crippen molar-refractivity contribution >= 4 is 16.8 Å². The molecule has 1 atom stereocenters. The fraction of sp³-hybridized carbons (Fsp3) is 0.909. The van der Waals surface area contributed by atoms with Crippen LogP contribution in [0.2, 0.25) is 0 Å². The maximum absolute atomic E-state index is 11.5. The van der Waals surface area contributed by atoms with Crippen LogP contribution in [0.25, 0.3) is 0 Å². The van der Waals surface area contributed by atoms with E-state index < -0.39 is 5.41 Å². The molecule has 0 rings (SSSR count). The van der Waals surface area contributed by atoms with E-state index in [0.29, 0.717) is 12.5 Å². The minimum atomic E-state index is -0.523. The molecule has 0 aromatic heterocycles. The van der Waals surface area contributed by atoms with Gasteiger partial charge in [-0.2, -0.15) is 0 Å². The van der Waals surface area contributed by atoms with Crippen molar-refractivity contribution in [3.05, 3.63) is 0 Å². The van der Waals surface area contributed by atoms with E-state index in [1.165, 1.54) is 0 Å². The van der Waals surface area contributed by atoms with E-state index in [4.69, 9.17) is 16.3 Å². The summed E-state index contributed by atoms with van der Waals surface area (Å²) in [6.07, 6.45) is 0.779. The van der Waals surface area contributed by atoms with E-state index in [1.807, 2.05) is 13.8 Å². The van der Waals surface area contributed by atoms with Crippen LogP contribution in [0.4, 0.5) is 0 Å². The SMILES string of the molecule is COCC(CC(C)C)(C(=O)Cl)C(C)C. The van der Waals surface area contributed by atoms with Gasteiger partial charge in [-0.1, -0.05) is 27.7 Å². The second-order valence-electron chi connectivity index (χ2n) is 4.62. The van der Waals surface area contributed by atoms with Crippen LogP contribution in [0.15, 0.2) is 0 Å². The first-order valence-electron chi connectivity index (χ1n) is 5.05. The number of carbonyl (C=O) groups excluding carboxylic acids is 1. The van der Waals surface area contributed by atoms with Crippen molar-refractivity contribution in [1.82, 2.24) is 0 Å². The average molecular weight is 221 g/mol. The van der Waals surface area contributed by atoms with E-state index in [2.05, 4.69) is 13.8 Å². The zero-order valence-electron chi connectivity index (χ0n) is 9.76. The Hall–Kier alpha value is -0.0800. The fourth-order valence-electron chi connectivity index (χ4n) is 1.81. The molecule has 0 fully saturated rings. The van der Waals surface area contributed by atoms with Crippen molar-refractivity contribution in [2.24, 2.45) is 17.3 Å². The van der Waals surface area contributed by atoms with Crippen molar-refractivity contribution in [1.29, 1.82) is 0 Å². The fourth-order valence-corrected chi connectivity index (χ4v) is 2.16. The third kappa shape index (κ3) is 3.25. The van der Waals surface area contributed by atoms with E-state index >= 15 is 0 Å². The average Bonchev–Trinajstić information content (AvgIpc) is 2.01. The van der Waals surface area contributed by atoms with Gasteiger partial charge in [0.05, 0.1) is 12.0 Å². The van der Waals surface area contributed by atoms with Crippen molar-refractivity contribution in [2.75, 3.05) is 13.7 Å². The topological polar surface area (TPSA) is 26.3 Å². The smallest absolute Gasteiger partial charge is 0.230 e. The molecule has 0 aromatic carbocycles. The second kappa shape index (κ2) is 5.72. The van der Waals surface area contributed by atoms with Crippen molar-refractivity contribution in [3.63, 3.8) is 0 Å². The van der Waals surface area contributed by atoms with Crippen LogP contribution >= 0.6 is 11.6 Å². The Kier molecular flexibility index (Phi) is 5.68. The molecule has 0 aliphatic heterocycles. The molecule has 0 aromatic rings. The first-order valence-corrected chi connectivity index (χ1v) is 5.43. The van der Waals surface area contributed by atoms with Gasteiger partial charge in [0.2, 0.25) is 5.24 Å². The highest BCUT2D eigenvalue weighted by Gasteiger charge is 2.40. The van der Waals surface area contributed by atoms with Gasteiger partial charge >= 0.3 is 0 Å². The standard InChI is InChI=1S/C11H21ClO2/c1-8(2)6-11(7-14-5,9(3)4)10(12)13/h8-9H,6-7H2,1-5H3. The monoisotopic (exact) mass is 220 g/mol. The van der Waals surface area contributed by atoms with E-state index in [0.717, 1.165) is 6.42 Å². The molecule has 0 aliphatic carbocycles. The van der Waals surface area contributed by atoms with Crippen LogP contribution in [0.5, 0.6) is 0 Å². The van der Waals surface area contributed by atoms with Crippen molar-refractivity contribution in [3.8, 4) is 0 Å². The molecule has 0 amide bonds. The lowest BCUT2D eigenvalue weighted by atomic mass is 9.73. The van der Waals surface area contributed by atoms with E-state index in [-0.39, 0.29) is 11.2 Å². The van der Waals surface area contributed by atoms with Gasteiger partial charge in [0, 0.05) is 7.11 Å². The van der Waals surface area contributed by atoms with Crippen LogP contribution in [0, 0.1) is 17.3 Å². The van der Waals surface area contributed by atoms with Gasteiger partial charge < -0.3 is 4.74 Å². The van der Waals surface area contributed by atoms with Crippen molar-refractivity contribution in [2.45, 2.75) is 34.1 Å². The summed E-state index contributed by atoms with van der Waals surface area (Å²) in [6, 6.07) is 0. The van der Waals surface area contributed by atoms with Crippen LogP contribution in [0.1, 0.15) is 34.1 Å². The highest BCUT2D eigenvalue weighted by Crippen LogP contribution is 2.37. The number of carbonyl (C=O) groups is 1. The van der Waals surface area contributed by atoms with E-state index in [1.54, 1.807) is 7.11 Å². The minimum absolute atomic E-state index is 0.204. The quantitative estimate of drug-likeness (QED) is 0.643. The highest BCUT2D eigenvalue weighted by atomic mass is 35.5. The number of methoxy groups -OCH3 is 1. The van der Waals surface area contributed by atoms with Gasteiger partial charge in [-0.3, -0.25) is 4.79 Å². The minimum Gasteiger partial charge on any atom is -0.384 e. The summed E-state index contributed by atoms with van der Waals surface area (Å²) in [5.74, 6) is 0.644. The Morgan fingerprint density at radius 2 is 1.86 bits per heavy atom. The largest absolute Gasteiger partial charge is 0.384 e. The molecule has 1 unspecified atom stereocenters. The summed E-state index contributed by atoms with van der Waals surface area (Å²) in [5.41, 5.74) is -0.523. The predicted molar refractivity (Wildman–Crippen MR) is 59.5 cm³/mol. The molecule has 84 valence electrons. The zero-order valence-corrected chi connectivity index (χ0v) is 10.5. The van der Waals surface area contributed by atoms with Gasteiger partial charge in [-0.25, -0.2) is 0 Å². The zero-order chi connectivity index (χ0) is 11.4. The first-order chi connectivity index (χ1) is 6.36. The molecule has 3 heteroatoms. The number of hydrogen-bond acceptors (Lipinski definition) is 2. The van der Waals surface area contributed by atoms with Crippen LogP contribution in [0.3, 0.4) is 0 Å². The summed E-state index contributed by atoms with van der Waals surface area (Å²) in [6.45, 7) is 8.62. The van der Waals surface area contributed by atoms with Gasteiger partial charge in [-0.05, 0) is 29.9 Å². The molecule has 0 saturated heterocycles. The Labute approximate surface area is 92.0 Å². The molecule has 0 aliphatic rings. The highest BCUT2D eigenvalue weighted by molar-refractivity contribution is 6.64. The molecule has 0 bridgehead atoms. The lowest BCUT2D eigenvalue weighted by Gasteiger charge is -2.34. The first kappa shape index (κ1) is 13.9. The Balaban J connectivity index is 4.84. The van der Waals surface area contributed by atoms with Gasteiger partial charge in [-0.15, -0.1) is 0 Å². The van der Waals surface area contributed by atoms with Crippen molar-refractivity contribution < 1.29 is 9.53 Å². The van der Waals surface area contributed by atoms with Crippen LogP contribution in [-0.2, 0) is 9.53 Å². The van der Waals surface area contributed by atoms with Gasteiger partial charge in [0.1, 0.15) is 0 Å². The maximum atomic E-state index is 11.5. The van der Waals surface area contributed by atoms with E-state index in [9.17, 15) is 4.79 Å². The molecule has 0 heterocycles. The van der Waals surface area contributed by atoms with Gasteiger partial charge in [0.25, 0.3) is 0 Å². The number of halogens is 1. The summed E-state index contributed by atoms with van der Waals surface area (Å²) in [4.78, 5) is 11.5. The third-order valence-electron chi connectivity index (χ3n) is 2.67. The molecule has 0 N–H and O–H groups in total. The normalized spacial score (nSPS) is 16.0. The maximum Gasteiger partial charge on any atom is 0.230 e. The van der Waals surface area contributed by atoms with Crippen LogP contribution in [-0.4, -0.2) is 19.0 Å². The number of hydrogen-bond donors (Lipinski definition) is 0. The lowest BCUT2D eigenvalue weighted by molar-refractivity contribution is -0.128. The molecule has 2 nitrogen and oxygen atoms in total.